The van der Waals surface area contributed by atoms with E-state index in [1.165, 1.54) is 0 Å². The minimum absolute atomic E-state index is 0.0755. The van der Waals surface area contributed by atoms with Crippen LogP contribution >= 0.6 is 0 Å². The Balaban J connectivity index is 2.38. The van der Waals surface area contributed by atoms with Crippen molar-refractivity contribution in [3.63, 3.8) is 0 Å². The quantitative estimate of drug-likeness (QED) is 0.425. The first-order valence-corrected chi connectivity index (χ1v) is 9.83. The summed E-state index contributed by atoms with van der Waals surface area (Å²) in [5.41, 5.74) is 3.05. The number of rotatable bonds is 9. The van der Waals surface area contributed by atoms with Crippen LogP contribution in [0.15, 0.2) is 42.5 Å². The number of carbonyl (C=O) groups is 1. The second-order valence-electron chi connectivity index (χ2n) is 7.52. The van der Waals surface area contributed by atoms with Crippen molar-refractivity contribution in [2.24, 2.45) is 0 Å². The fourth-order valence-electron chi connectivity index (χ4n) is 2.85. The lowest BCUT2D eigenvalue weighted by Gasteiger charge is -2.25. The molecule has 4 nitrogen and oxygen atoms in total. The first-order chi connectivity index (χ1) is 13.3. The van der Waals surface area contributed by atoms with Gasteiger partial charge >= 0.3 is 0 Å². The van der Waals surface area contributed by atoms with Gasteiger partial charge in [-0.25, -0.2) is 0 Å². The number of benzene rings is 2. The maximum atomic E-state index is 12.6. The number of carbonyl (C=O) groups excluding carboxylic acids is 1. The highest BCUT2D eigenvalue weighted by molar-refractivity contribution is 6.07. The molecule has 2 aromatic rings. The van der Waals surface area contributed by atoms with Gasteiger partial charge in [0.15, 0.2) is 5.78 Å². The summed E-state index contributed by atoms with van der Waals surface area (Å²) in [7, 11) is 1.84. The predicted molar refractivity (Wildman–Crippen MR) is 117 cm³/mol. The van der Waals surface area contributed by atoms with E-state index in [0.717, 1.165) is 29.7 Å². The van der Waals surface area contributed by atoms with E-state index >= 15 is 0 Å². The molecule has 0 spiro atoms. The highest BCUT2D eigenvalue weighted by Gasteiger charge is 2.23. The SMILES string of the molecule is CCCOc1cc(O)c(C(C)(C)CC)cc1C=CC(=O)c1ccc(NC)cc1. The molecule has 2 rings (SSSR count). The minimum atomic E-state index is -0.178. The number of allylic oxidation sites excluding steroid dienone is 1. The molecule has 4 heteroatoms. The molecule has 2 aromatic carbocycles. The highest BCUT2D eigenvalue weighted by Crippen LogP contribution is 2.38. The molecule has 0 aromatic heterocycles. The van der Waals surface area contributed by atoms with Crippen molar-refractivity contribution in [2.75, 3.05) is 19.0 Å². The van der Waals surface area contributed by atoms with Gasteiger partial charge in [-0.2, -0.15) is 0 Å². The van der Waals surface area contributed by atoms with E-state index < -0.39 is 0 Å². The molecule has 0 aliphatic rings. The number of nitrogens with one attached hydrogen (secondary N) is 1. The van der Waals surface area contributed by atoms with Gasteiger partial charge in [-0.15, -0.1) is 0 Å². The van der Waals surface area contributed by atoms with Crippen molar-refractivity contribution in [1.29, 1.82) is 0 Å². The molecule has 0 heterocycles. The van der Waals surface area contributed by atoms with Gasteiger partial charge in [0.1, 0.15) is 11.5 Å². The molecule has 28 heavy (non-hydrogen) atoms. The van der Waals surface area contributed by atoms with E-state index in [0.29, 0.717) is 17.9 Å². The van der Waals surface area contributed by atoms with Crippen molar-refractivity contribution in [1.82, 2.24) is 0 Å². The van der Waals surface area contributed by atoms with Gasteiger partial charge in [-0.3, -0.25) is 4.79 Å². The van der Waals surface area contributed by atoms with E-state index in [2.05, 4.69) is 26.1 Å². The molecule has 0 atom stereocenters. The third kappa shape index (κ3) is 5.16. The Labute approximate surface area is 168 Å². The standard InChI is InChI=1S/C24H31NO3/c1-6-14-28-23-16-22(27)20(24(3,4)7-2)15-18(23)10-13-21(26)17-8-11-19(25-5)12-9-17/h8-13,15-16,25,27H,6-7,14H2,1-5H3. The molecule has 0 amide bonds. The van der Waals surface area contributed by atoms with Crippen LogP contribution in [0.25, 0.3) is 6.08 Å². The van der Waals surface area contributed by atoms with Crippen molar-refractivity contribution >= 4 is 17.5 Å². The maximum absolute atomic E-state index is 12.6. The average molecular weight is 382 g/mol. The minimum Gasteiger partial charge on any atom is -0.508 e. The zero-order chi connectivity index (χ0) is 20.7. The van der Waals surface area contributed by atoms with Crippen LogP contribution in [-0.4, -0.2) is 24.5 Å². The van der Waals surface area contributed by atoms with E-state index in [1.54, 1.807) is 30.4 Å². The fraction of sp³-hybridized carbons (Fsp3) is 0.375. The van der Waals surface area contributed by atoms with Gasteiger partial charge in [0, 0.05) is 35.5 Å². The molecular formula is C24H31NO3. The lowest BCUT2D eigenvalue weighted by molar-refractivity contribution is 0.104. The molecule has 0 aliphatic carbocycles. The van der Waals surface area contributed by atoms with Crippen LogP contribution in [0, 0.1) is 0 Å². The second-order valence-corrected chi connectivity index (χ2v) is 7.52. The van der Waals surface area contributed by atoms with Crippen LogP contribution in [0.3, 0.4) is 0 Å². The fourth-order valence-corrected chi connectivity index (χ4v) is 2.85. The van der Waals surface area contributed by atoms with Gasteiger partial charge in [0.2, 0.25) is 0 Å². The third-order valence-corrected chi connectivity index (χ3v) is 5.08. The zero-order valence-corrected chi connectivity index (χ0v) is 17.5. The third-order valence-electron chi connectivity index (χ3n) is 5.08. The van der Waals surface area contributed by atoms with Crippen LogP contribution in [0.1, 0.15) is 62.0 Å². The summed E-state index contributed by atoms with van der Waals surface area (Å²) in [6, 6.07) is 10.9. The summed E-state index contributed by atoms with van der Waals surface area (Å²) in [6.07, 6.45) is 5.08. The van der Waals surface area contributed by atoms with Gasteiger partial charge < -0.3 is 15.2 Å². The van der Waals surface area contributed by atoms with E-state index in [9.17, 15) is 9.90 Å². The number of anilines is 1. The van der Waals surface area contributed by atoms with E-state index in [-0.39, 0.29) is 16.9 Å². The molecule has 0 saturated heterocycles. The van der Waals surface area contributed by atoms with E-state index in [1.807, 2.05) is 32.2 Å². The number of ether oxygens (including phenoxy) is 1. The topological polar surface area (TPSA) is 58.6 Å². The van der Waals surface area contributed by atoms with Crippen molar-refractivity contribution in [3.8, 4) is 11.5 Å². The summed E-state index contributed by atoms with van der Waals surface area (Å²) in [6.45, 7) is 8.86. The Hall–Kier alpha value is -2.75. The van der Waals surface area contributed by atoms with Crippen molar-refractivity contribution in [2.45, 2.75) is 46.0 Å². The van der Waals surface area contributed by atoms with Crippen molar-refractivity contribution in [3.05, 3.63) is 59.2 Å². The van der Waals surface area contributed by atoms with Gasteiger partial charge in [0.25, 0.3) is 0 Å². The molecule has 0 saturated carbocycles. The number of hydrogen-bond donors (Lipinski definition) is 2. The number of ketones is 1. The summed E-state index contributed by atoms with van der Waals surface area (Å²) in [5, 5.41) is 13.5. The molecular weight excluding hydrogens is 350 g/mol. The van der Waals surface area contributed by atoms with E-state index in [4.69, 9.17) is 4.74 Å². The summed E-state index contributed by atoms with van der Waals surface area (Å²) in [4.78, 5) is 12.6. The molecule has 0 aliphatic heterocycles. The van der Waals surface area contributed by atoms with Crippen LogP contribution in [0.2, 0.25) is 0 Å². The Bertz CT molecular complexity index is 836. The molecule has 0 fully saturated rings. The number of hydrogen-bond acceptors (Lipinski definition) is 4. The van der Waals surface area contributed by atoms with Crippen LogP contribution in [0.5, 0.6) is 11.5 Å². The molecule has 0 bridgehead atoms. The summed E-state index contributed by atoms with van der Waals surface area (Å²) in [5.74, 6) is 0.738. The first-order valence-electron chi connectivity index (χ1n) is 9.83. The predicted octanol–water partition coefficient (Wildman–Crippen LogP) is 5.81. The Morgan fingerprint density at radius 3 is 2.43 bits per heavy atom. The lowest BCUT2D eigenvalue weighted by Crippen LogP contribution is -2.16. The van der Waals surface area contributed by atoms with Crippen LogP contribution in [-0.2, 0) is 5.41 Å². The zero-order valence-electron chi connectivity index (χ0n) is 17.5. The Morgan fingerprint density at radius 2 is 1.86 bits per heavy atom. The van der Waals surface area contributed by atoms with Gasteiger partial charge in [0.05, 0.1) is 6.61 Å². The molecule has 0 radical (unpaired) electrons. The Morgan fingerprint density at radius 1 is 1.18 bits per heavy atom. The number of aromatic hydroxyl groups is 1. The monoisotopic (exact) mass is 381 g/mol. The van der Waals surface area contributed by atoms with Crippen LogP contribution in [0.4, 0.5) is 5.69 Å². The van der Waals surface area contributed by atoms with Crippen LogP contribution < -0.4 is 10.1 Å². The number of phenols is 1. The molecule has 150 valence electrons. The maximum Gasteiger partial charge on any atom is 0.185 e. The molecule has 0 unspecified atom stereocenters. The summed E-state index contributed by atoms with van der Waals surface area (Å²) < 4.78 is 5.81. The highest BCUT2D eigenvalue weighted by atomic mass is 16.5. The summed E-state index contributed by atoms with van der Waals surface area (Å²) >= 11 is 0. The second kappa shape index (κ2) is 9.45. The lowest BCUT2D eigenvalue weighted by atomic mass is 9.81. The largest absolute Gasteiger partial charge is 0.508 e. The smallest absolute Gasteiger partial charge is 0.185 e. The average Bonchev–Trinajstić information content (AvgIpc) is 2.70. The Kier molecular flexibility index (Phi) is 7.27. The van der Waals surface area contributed by atoms with Gasteiger partial charge in [-0.1, -0.05) is 27.7 Å². The normalized spacial score (nSPS) is 11.6. The van der Waals surface area contributed by atoms with Crippen molar-refractivity contribution < 1.29 is 14.6 Å². The van der Waals surface area contributed by atoms with Gasteiger partial charge in [-0.05, 0) is 60.7 Å². The first kappa shape index (κ1) is 21.5. The number of phenolic OH excluding ortho intramolecular Hbond substituents is 1. The molecule has 2 N–H and O–H groups in total.